The lowest BCUT2D eigenvalue weighted by Crippen LogP contribution is -2.64. The van der Waals surface area contributed by atoms with Crippen molar-refractivity contribution >= 4 is 5.97 Å². The van der Waals surface area contributed by atoms with Crippen LogP contribution >= 0.6 is 0 Å². The Morgan fingerprint density at radius 2 is 2.11 bits per heavy atom. The average Bonchev–Trinajstić information content (AvgIpc) is 2.47. The Kier molecular flexibility index (Phi) is 4.25. The number of likely N-dealkylation sites (tertiary alicyclic amines) is 2. The van der Waals surface area contributed by atoms with Gasteiger partial charge >= 0.3 is 5.97 Å². The number of aliphatic carboxylic acids is 1. The van der Waals surface area contributed by atoms with Crippen LogP contribution < -0.4 is 0 Å². The summed E-state index contributed by atoms with van der Waals surface area (Å²) >= 11 is 0. The molecule has 1 atom stereocenters. The lowest BCUT2D eigenvalue weighted by molar-refractivity contribution is -0.170. The zero-order valence-corrected chi connectivity index (χ0v) is 11.4. The van der Waals surface area contributed by atoms with Gasteiger partial charge in [0.05, 0.1) is 5.60 Å². The highest BCUT2D eigenvalue weighted by Gasteiger charge is 2.43. The summed E-state index contributed by atoms with van der Waals surface area (Å²) in [4.78, 5) is 15.3. The molecule has 2 heterocycles. The van der Waals surface area contributed by atoms with E-state index in [0.717, 1.165) is 19.6 Å². The van der Waals surface area contributed by atoms with E-state index >= 15 is 0 Å². The largest absolute Gasteiger partial charge is 0.480 e. The van der Waals surface area contributed by atoms with E-state index in [0.29, 0.717) is 6.04 Å². The van der Waals surface area contributed by atoms with Crippen molar-refractivity contribution in [3.8, 4) is 0 Å². The summed E-state index contributed by atoms with van der Waals surface area (Å²) in [5, 5.41) is 8.63. The van der Waals surface area contributed by atoms with Crippen LogP contribution in [-0.2, 0) is 9.53 Å². The fourth-order valence-electron chi connectivity index (χ4n) is 2.99. The summed E-state index contributed by atoms with van der Waals surface area (Å²) in [7, 11) is 2.18. The molecule has 18 heavy (non-hydrogen) atoms. The topological polar surface area (TPSA) is 53.0 Å². The second-order valence-electron chi connectivity index (χ2n) is 5.93. The van der Waals surface area contributed by atoms with E-state index < -0.39 is 5.97 Å². The van der Waals surface area contributed by atoms with Crippen molar-refractivity contribution in [3.05, 3.63) is 0 Å². The van der Waals surface area contributed by atoms with Crippen LogP contribution in [0.1, 0.15) is 26.2 Å². The monoisotopic (exact) mass is 256 g/mol. The second-order valence-corrected chi connectivity index (χ2v) is 5.93. The molecule has 0 amide bonds. The highest BCUT2D eigenvalue weighted by Crippen LogP contribution is 2.30. The van der Waals surface area contributed by atoms with Crippen LogP contribution in [0.4, 0.5) is 0 Å². The van der Waals surface area contributed by atoms with Gasteiger partial charge in [-0.3, -0.25) is 4.90 Å². The quantitative estimate of drug-likeness (QED) is 0.800. The molecule has 104 valence electrons. The van der Waals surface area contributed by atoms with Gasteiger partial charge in [0.1, 0.15) is 6.61 Å². The first-order chi connectivity index (χ1) is 8.48. The maximum Gasteiger partial charge on any atom is 0.329 e. The van der Waals surface area contributed by atoms with Gasteiger partial charge in [0.2, 0.25) is 0 Å². The molecule has 0 saturated carbocycles. The minimum absolute atomic E-state index is 0.183. The Balaban J connectivity index is 1.75. The van der Waals surface area contributed by atoms with E-state index in [9.17, 15) is 4.79 Å². The minimum atomic E-state index is -0.884. The number of hydrogen-bond acceptors (Lipinski definition) is 4. The first-order valence-corrected chi connectivity index (χ1v) is 6.77. The van der Waals surface area contributed by atoms with Crippen LogP contribution in [0.2, 0.25) is 0 Å². The molecule has 0 aliphatic carbocycles. The van der Waals surface area contributed by atoms with Gasteiger partial charge in [-0.05, 0) is 46.3 Å². The number of ether oxygens (including phenoxy) is 1. The summed E-state index contributed by atoms with van der Waals surface area (Å²) in [6, 6.07) is 0.649. The van der Waals surface area contributed by atoms with E-state index in [1.165, 1.54) is 25.8 Å². The smallest absolute Gasteiger partial charge is 0.329 e. The average molecular weight is 256 g/mol. The third kappa shape index (κ3) is 3.43. The molecule has 2 aliphatic heterocycles. The van der Waals surface area contributed by atoms with Crippen LogP contribution in [0.3, 0.4) is 0 Å². The predicted molar refractivity (Wildman–Crippen MR) is 68.7 cm³/mol. The molecular weight excluding hydrogens is 232 g/mol. The SMILES string of the molecule is CN1CCCC(N2CC(C)(OCC(=O)O)C2)CC1. The number of hydrogen-bond donors (Lipinski definition) is 1. The third-order valence-corrected chi connectivity index (χ3v) is 4.06. The van der Waals surface area contributed by atoms with E-state index in [1.807, 2.05) is 6.92 Å². The van der Waals surface area contributed by atoms with Crippen molar-refractivity contribution in [2.75, 3.05) is 39.8 Å². The first kappa shape index (κ1) is 13.8. The fraction of sp³-hybridized carbons (Fsp3) is 0.923. The number of nitrogens with zero attached hydrogens (tertiary/aromatic N) is 2. The van der Waals surface area contributed by atoms with Gasteiger partial charge < -0.3 is 14.7 Å². The maximum absolute atomic E-state index is 10.5. The van der Waals surface area contributed by atoms with E-state index in [4.69, 9.17) is 9.84 Å². The van der Waals surface area contributed by atoms with Gasteiger partial charge in [-0.25, -0.2) is 4.79 Å². The number of carboxylic acids is 1. The van der Waals surface area contributed by atoms with Crippen LogP contribution in [0.15, 0.2) is 0 Å². The predicted octanol–water partition coefficient (Wildman–Crippen LogP) is 0.646. The highest BCUT2D eigenvalue weighted by molar-refractivity contribution is 5.68. The Labute approximate surface area is 109 Å². The van der Waals surface area contributed by atoms with Crippen LogP contribution in [0.25, 0.3) is 0 Å². The Bertz CT molecular complexity index is 303. The molecule has 2 aliphatic rings. The molecule has 2 saturated heterocycles. The fourth-order valence-corrected chi connectivity index (χ4v) is 2.99. The molecular formula is C13H24N2O3. The zero-order chi connectivity index (χ0) is 13.2. The van der Waals surface area contributed by atoms with Crippen molar-refractivity contribution in [1.29, 1.82) is 0 Å². The van der Waals surface area contributed by atoms with Crippen molar-refractivity contribution in [2.24, 2.45) is 0 Å². The van der Waals surface area contributed by atoms with Crippen molar-refractivity contribution < 1.29 is 14.6 Å². The maximum atomic E-state index is 10.5. The summed E-state index contributed by atoms with van der Waals surface area (Å²) in [5.41, 5.74) is -0.253. The zero-order valence-electron chi connectivity index (χ0n) is 11.4. The molecule has 0 aromatic heterocycles. The third-order valence-electron chi connectivity index (χ3n) is 4.06. The lowest BCUT2D eigenvalue weighted by atomic mass is 9.92. The van der Waals surface area contributed by atoms with Crippen molar-refractivity contribution in [1.82, 2.24) is 9.80 Å². The van der Waals surface area contributed by atoms with Gasteiger partial charge in [-0.2, -0.15) is 0 Å². The van der Waals surface area contributed by atoms with E-state index in [2.05, 4.69) is 16.8 Å². The molecule has 2 rings (SSSR count). The van der Waals surface area contributed by atoms with Crippen LogP contribution in [0.5, 0.6) is 0 Å². The summed E-state index contributed by atoms with van der Waals surface area (Å²) in [6.45, 7) is 5.92. The number of carbonyl (C=O) groups is 1. The van der Waals surface area contributed by atoms with Crippen molar-refractivity contribution in [3.63, 3.8) is 0 Å². The molecule has 2 fully saturated rings. The van der Waals surface area contributed by atoms with E-state index in [1.54, 1.807) is 0 Å². The second kappa shape index (κ2) is 5.55. The first-order valence-electron chi connectivity index (χ1n) is 6.77. The van der Waals surface area contributed by atoms with Gasteiger partial charge in [0.25, 0.3) is 0 Å². The van der Waals surface area contributed by atoms with Crippen molar-refractivity contribution in [2.45, 2.75) is 37.8 Å². The summed E-state index contributed by atoms with van der Waals surface area (Å²) in [5.74, 6) is -0.884. The van der Waals surface area contributed by atoms with Gasteiger partial charge in [0.15, 0.2) is 0 Å². The molecule has 5 heteroatoms. The summed E-state index contributed by atoms with van der Waals surface area (Å²) < 4.78 is 5.45. The molecule has 0 aromatic rings. The lowest BCUT2D eigenvalue weighted by Gasteiger charge is -2.50. The standard InChI is InChI=1S/C13H24N2O3/c1-13(18-8-12(16)17)9-15(10-13)11-4-3-6-14(2)7-5-11/h11H,3-10H2,1-2H3,(H,16,17). The molecule has 0 spiro atoms. The van der Waals surface area contributed by atoms with Crippen LogP contribution in [0, 0.1) is 0 Å². The van der Waals surface area contributed by atoms with Gasteiger partial charge in [-0.15, -0.1) is 0 Å². The highest BCUT2D eigenvalue weighted by atomic mass is 16.5. The van der Waals surface area contributed by atoms with E-state index in [-0.39, 0.29) is 12.2 Å². The molecule has 1 unspecified atom stereocenters. The molecule has 0 bridgehead atoms. The number of rotatable bonds is 4. The summed E-state index contributed by atoms with van der Waals surface area (Å²) in [6.07, 6.45) is 3.72. The Morgan fingerprint density at radius 3 is 2.78 bits per heavy atom. The Morgan fingerprint density at radius 1 is 1.39 bits per heavy atom. The molecule has 0 radical (unpaired) electrons. The normalized spacial score (nSPS) is 29.6. The molecule has 5 nitrogen and oxygen atoms in total. The Hall–Kier alpha value is -0.650. The molecule has 1 N–H and O–H groups in total. The van der Waals surface area contributed by atoms with Gasteiger partial charge in [-0.1, -0.05) is 0 Å². The molecule has 0 aromatic carbocycles. The minimum Gasteiger partial charge on any atom is -0.480 e. The number of carboxylic acid groups (broad SMARTS) is 1. The van der Waals surface area contributed by atoms with Crippen LogP contribution in [-0.4, -0.2) is 72.4 Å². The van der Waals surface area contributed by atoms with Gasteiger partial charge in [0, 0.05) is 19.1 Å².